The van der Waals surface area contributed by atoms with Gasteiger partial charge in [0.1, 0.15) is 18.4 Å². The van der Waals surface area contributed by atoms with Crippen molar-refractivity contribution < 1.29 is 9.84 Å². The summed E-state index contributed by atoms with van der Waals surface area (Å²) in [5.41, 5.74) is 0.223. The zero-order valence-corrected chi connectivity index (χ0v) is 7.66. The average molecular weight is 179 g/mol. The van der Waals surface area contributed by atoms with E-state index in [1.165, 1.54) is 12.2 Å². The van der Waals surface area contributed by atoms with Gasteiger partial charge in [-0.15, -0.1) is 0 Å². The fourth-order valence-corrected chi connectivity index (χ4v) is 0.608. The van der Waals surface area contributed by atoms with Gasteiger partial charge in [0.05, 0.1) is 11.7 Å². The van der Waals surface area contributed by atoms with E-state index in [2.05, 4.69) is 13.2 Å². The number of hydrogen-bond acceptors (Lipinski definition) is 3. The van der Waals surface area contributed by atoms with E-state index < -0.39 is 6.10 Å². The summed E-state index contributed by atoms with van der Waals surface area (Å²) in [6, 6.07) is 1.86. The van der Waals surface area contributed by atoms with Crippen LogP contribution in [0.15, 0.2) is 36.6 Å². The molecule has 3 nitrogen and oxygen atoms in total. The van der Waals surface area contributed by atoms with Gasteiger partial charge in [0.15, 0.2) is 0 Å². The molecule has 1 atom stereocenters. The highest BCUT2D eigenvalue weighted by Gasteiger charge is 2.03. The molecule has 3 heteroatoms. The molecule has 0 aromatic heterocycles. The van der Waals surface area contributed by atoms with E-state index in [4.69, 9.17) is 15.1 Å². The molecule has 70 valence electrons. The van der Waals surface area contributed by atoms with Gasteiger partial charge in [-0.2, -0.15) is 5.26 Å². The van der Waals surface area contributed by atoms with Crippen molar-refractivity contribution in [3.8, 4) is 6.07 Å². The molecule has 0 fully saturated rings. The maximum atomic E-state index is 8.93. The molecule has 0 aliphatic rings. The Kier molecular flexibility index (Phi) is 5.33. The minimum Gasteiger partial charge on any atom is -0.490 e. The standard InChI is InChI=1S/C10H13NO2/c1-4-5-10(8(2)6-11)13-7-9(3)12/h4-5,9,12H,1-2,7H2,3H3/b10-5+. The summed E-state index contributed by atoms with van der Waals surface area (Å²) in [5.74, 6) is 0.346. The second-order valence-corrected chi connectivity index (χ2v) is 2.52. The Balaban J connectivity index is 4.30. The third-order valence-electron chi connectivity index (χ3n) is 1.18. The largest absolute Gasteiger partial charge is 0.490 e. The van der Waals surface area contributed by atoms with Crippen molar-refractivity contribution in [2.24, 2.45) is 0 Å². The van der Waals surface area contributed by atoms with Gasteiger partial charge in [-0.3, -0.25) is 0 Å². The van der Waals surface area contributed by atoms with Crippen molar-refractivity contribution in [2.45, 2.75) is 13.0 Å². The lowest BCUT2D eigenvalue weighted by molar-refractivity contribution is 0.0874. The number of rotatable bonds is 5. The summed E-state index contributed by atoms with van der Waals surface area (Å²) in [7, 11) is 0. The smallest absolute Gasteiger partial charge is 0.136 e. The molecule has 0 aliphatic heterocycles. The Morgan fingerprint density at radius 3 is 2.77 bits per heavy atom. The van der Waals surface area contributed by atoms with Crippen molar-refractivity contribution in [3.05, 3.63) is 36.6 Å². The van der Waals surface area contributed by atoms with Crippen LogP contribution in [0.5, 0.6) is 0 Å². The van der Waals surface area contributed by atoms with Crippen LogP contribution in [-0.2, 0) is 4.74 Å². The van der Waals surface area contributed by atoms with Crippen LogP contribution in [0.2, 0.25) is 0 Å². The molecule has 0 rings (SSSR count). The first-order chi connectivity index (χ1) is 6.11. The highest BCUT2D eigenvalue weighted by Crippen LogP contribution is 2.08. The molecule has 0 heterocycles. The zero-order valence-electron chi connectivity index (χ0n) is 7.66. The molecule has 0 saturated carbocycles. The first kappa shape index (κ1) is 11.5. The summed E-state index contributed by atoms with van der Waals surface area (Å²) in [6.07, 6.45) is 2.47. The highest BCUT2D eigenvalue weighted by atomic mass is 16.5. The second-order valence-electron chi connectivity index (χ2n) is 2.52. The Hall–Kier alpha value is -1.53. The quantitative estimate of drug-likeness (QED) is 0.395. The van der Waals surface area contributed by atoms with Gasteiger partial charge in [-0.1, -0.05) is 19.2 Å². The van der Waals surface area contributed by atoms with E-state index in [0.29, 0.717) is 5.76 Å². The monoisotopic (exact) mass is 179 g/mol. The molecule has 0 saturated heterocycles. The van der Waals surface area contributed by atoms with Crippen LogP contribution in [0, 0.1) is 11.3 Å². The minimum absolute atomic E-state index is 0.139. The molecule has 0 spiro atoms. The maximum Gasteiger partial charge on any atom is 0.136 e. The van der Waals surface area contributed by atoms with E-state index in [1.54, 1.807) is 6.92 Å². The lowest BCUT2D eigenvalue weighted by Gasteiger charge is -2.09. The molecule has 0 aromatic rings. The van der Waals surface area contributed by atoms with Gasteiger partial charge in [-0.05, 0) is 13.0 Å². The number of allylic oxidation sites excluding steroid dienone is 3. The number of hydrogen-bond donors (Lipinski definition) is 1. The third kappa shape index (κ3) is 4.83. The van der Waals surface area contributed by atoms with Gasteiger partial charge >= 0.3 is 0 Å². The maximum absolute atomic E-state index is 8.93. The van der Waals surface area contributed by atoms with Crippen LogP contribution >= 0.6 is 0 Å². The number of nitrogens with zero attached hydrogens (tertiary/aromatic N) is 1. The van der Waals surface area contributed by atoms with Crippen LogP contribution < -0.4 is 0 Å². The van der Waals surface area contributed by atoms with Gasteiger partial charge < -0.3 is 9.84 Å². The summed E-state index contributed by atoms with van der Waals surface area (Å²) in [6.45, 7) is 8.70. The van der Waals surface area contributed by atoms with Crippen molar-refractivity contribution in [1.82, 2.24) is 0 Å². The molecule has 0 bridgehead atoms. The lowest BCUT2D eigenvalue weighted by Crippen LogP contribution is -2.10. The van der Waals surface area contributed by atoms with Crippen molar-refractivity contribution in [3.63, 3.8) is 0 Å². The Bertz CT molecular complexity index is 259. The fraction of sp³-hybridized carbons (Fsp3) is 0.300. The highest BCUT2D eigenvalue weighted by molar-refractivity contribution is 5.36. The van der Waals surface area contributed by atoms with E-state index in [0.717, 1.165) is 0 Å². The van der Waals surface area contributed by atoms with E-state index >= 15 is 0 Å². The molecule has 0 amide bonds. The first-order valence-corrected chi connectivity index (χ1v) is 3.84. The predicted octanol–water partition coefficient (Wildman–Crippen LogP) is 1.53. The van der Waals surface area contributed by atoms with Crippen molar-refractivity contribution >= 4 is 0 Å². The van der Waals surface area contributed by atoms with Crippen molar-refractivity contribution in [2.75, 3.05) is 6.61 Å². The van der Waals surface area contributed by atoms with Crippen LogP contribution in [0.25, 0.3) is 0 Å². The second kappa shape index (κ2) is 6.04. The van der Waals surface area contributed by atoms with Crippen LogP contribution in [-0.4, -0.2) is 17.8 Å². The predicted molar refractivity (Wildman–Crippen MR) is 50.7 cm³/mol. The Morgan fingerprint density at radius 2 is 2.38 bits per heavy atom. The molecule has 0 aromatic carbocycles. The fourth-order valence-electron chi connectivity index (χ4n) is 0.608. The zero-order chi connectivity index (χ0) is 10.3. The molecule has 0 radical (unpaired) electrons. The van der Waals surface area contributed by atoms with E-state index in [-0.39, 0.29) is 12.2 Å². The Morgan fingerprint density at radius 1 is 1.77 bits per heavy atom. The number of aliphatic hydroxyl groups is 1. The number of aliphatic hydroxyl groups excluding tert-OH is 1. The van der Waals surface area contributed by atoms with Gasteiger partial charge in [0.25, 0.3) is 0 Å². The third-order valence-corrected chi connectivity index (χ3v) is 1.18. The molecule has 0 aliphatic carbocycles. The topological polar surface area (TPSA) is 53.2 Å². The summed E-state index contributed by atoms with van der Waals surface area (Å²) < 4.78 is 5.11. The first-order valence-electron chi connectivity index (χ1n) is 3.84. The molecule has 1 unspecified atom stereocenters. The van der Waals surface area contributed by atoms with E-state index in [1.807, 2.05) is 6.07 Å². The van der Waals surface area contributed by atoms with Crippen LogP contribution in [0.3, 0.4) is 0 Å². The summed E-state index contributed by atoms with van der Waals surface area (Å²) >= 11 is 0. The summed E-state index contributed by atoms with van der Waals surface area (Å²) in [5, 5.41) is 17.5. The molecular weight excluding hydrogens is 166 g/mol. The lowest BCUT2D eigenvalue weighted by atomic mass is 10.2. The number of nitriles is 1. The van der Waals surface area contributed by atoms with Gasteiger partial charge in [0, 0.05) is 0 Å². The van der Waals surface area contributed by atoms with Crippen LogP contribution in [0.1, 0.15) is 6.92 Å². The van der Waals surface area contributed by atoms with Gasteiger partial charge in [-0.25, -0.2) is 0 Å². The normalized spacial score (nSPS) is 12.8. The van der Waals surface area contributed by atoms with Gasteiger partial charge in [0.2, 0.25) is 0 Å². The van der Waals surface area contributed by atoms with Crippen LogP contribution in [0.4, 0.5) is 0 Å². The average Bonchev–Trinajstić information content (AvgIpc) is 2.10. The van der Waals surface area contributed by atoms with E-state index in [9.17, 15) is 0 Å². The van der Waals surface area contributed by atoms with Crippen molar-refractivity contribution in [1.29, 1.82) is 5.26 Å². The molecule has 13 heavy (non-hydrogen) atoms. The Labute approximate surface area is 78.3 Å². The number of ether oxygens (including phenoxy) is 1. The SMILES string of the molecule is C=C/C=C(/OCC(C)O)C(=C)C#N. The molecular formula is C10H13NO2. The molecule has 1 N–H and O–H groups in total. The summed E-state index contributed by atoms with van der Waals surface area (Å²) in [4.78, 5) is 0. The minimum atomic E-state index is -0.570.